The minimum atomic E-state index is 0. The Morgan fingerprint density at radius 3 is 2.80 bits per heavy atom. The van der Waals surface area contributed by atoms with Crippen LogP contribution in [0.5, 0.6) is 5.75 Å². The summed E-state index contributed by atoms with van der Waals surface area (Å²) in [5.41, 5.74) is 2.24. The van der Waals surface area contributed by atoms with E-state index in [9.17, 15) is 0 Å². The van der Waals surface area contributed by atoms with E-state index in [-0.39, 0.29) is 30.1 Å². The summed E-state index contributed by atoms with van der Waals surface area (Å²) in [6, 6.07) is 7.95. The summed E-state index contributed by atoms with van der Waals surface area (Å²) in [5, 5.41) is 7.68. The molecule has 166 valence electrons. The van der Waals surface area contributed by atoms with E-state index in [0.717, 1.165) is 48.9 Å². The lowest BCUT2D eigenvalue weighted by Gasteiger charge is -2.34. The molecule has 3 rings (SSSR count). The Bertz CT molecular complexity index is 781. The smallest absolute Gasteiger partial charge is 0.193 e. The van der Waals surface area contributed by atoms with Crippen LogP contribution in [0.1, 0.15) is 23.7 Å². The first-order valence-electron chi connectivity index (χ1n) is 9.96. The van der Waals surface area contributed by atoms with Crippen LogP contribution < -0.4 is 10.1 Å². The fraction of sp³-hybridized carbons (Fsp3) is 0.524. The van der Waals surface area contributed by atoms with E-state index >= 15 is 0 Å². The number of aromatic nitrogens is 2. The molecule has 0 aliphatic carbocycles. The summed E-state index contributed by atoms with van der Waals surface area (Å²) in [4.78, 5) is 6.66. The Morgan fingerprint density at radius 1 is 1.33 bits per heavy atom. The highest BCUT2D eigenvalue weighted by molar-refractivity contribution is 14.0. The van der Waals surface area contributed by atoms with Crippen LogP contribution in [0, 0.1) is 0 Å². The summed E-state index contributed by atoms with van der Waals surface area (Å²) >= 11 is 0. The maximum atomic E-state index is 5.91. The predicted molar refractivity (Wildman–Crippen MR) is 128 cm³/mol. The highest BCUT2D eigenvalue weighted by Gasteiger charge is 2.24. The van der Waals surface area contributed by atoms with Gasteiger partial charge in [0.2, 0.25) is 0 Å². The second-order valence-corrected chi connectivity index (χ2v) is 6.98. The first-order chi connectivity index (χ1) is 14.2. The van der Waals surface area contributed by atoms with Gasteiger partial charge in [0.15, 0.2) is 5.96 Å². The monoisotopic (exact) mass is 529 g/mol. The SMILES string of the molecule is CN=C(NCCCOCc1ccc(OC)cc1)N1CCOC(c2cnn(C)c2)C1.I. The molecule has 0 bridgehead atoms. The van der Waals surface area contributed by atoms with Crippen LogP contribution in [-0.2, 0) is 23.1 Å². The second-order valence-electron chi connectivity index (χ2n) is 6.98. The molecule has 0 amide bonds. The van der Waals surface area contributed by atoms with Crippen molar-refractivity contribution in [3.05, 3.63) is 47.8 Å². The van der Waals surface area contributed by atoms with Gasteiger partial charge >= 0.3 is 0 Å². The number of methoxy groups -OCH3 is 1. The summed E-state index contributed by atoms with van der Waals surface area (Å²) in [7, 11) is 5.40. The Hall–Kier alpha value is -1.85. The largest absolute Gasteiger partial charge is 0.497 e. The number of hydrogen-bond donors (Lipinski definition) is 1. The molecule has 1 saturated heterocycles. The minimum Gasteiger partial charge on any atom is -0.497 e. The molecule has 2 aromatic rings. The third-order valence-corrected chi connectivity index (χ3v) is 4.85. The zero-order valence-corrected chi connectivity index (χ0v) is 20.2. The molecule has 1 N–H and O–H groups in total. The number of aryl methyl sites for hydroxylation is 1. The predicted octanol–water partition coefficient (Wildman–Crippen LogP) is 2.60. The molecule has 0 saturated carbocycles. The molecule has 0 radical (unpaired) electrons. The van der Waals surface area contributed by atoms with E-state index in [1.807, 2.05) is 50.8 Å². The zero-order valence-electron chi connectivity index (χ0n) is 17.9. The van der Waals surface area contributed by atoms with E-state index in [1.165, 1.54) is 0 Å². The molecule has 1 aliphatic heterocycles. The van der Waals surface area contributed by atoms with Crippen molar-refractivity contribution in [3.63, 3.8) is 0 Å². The molecule has 2 heterocycles. The third-order valence-electron chi connectivity index (χ3n) is 4.85. The van der Waals surface area contributed by atoms with Gasteiger partial charge in [-0.05, 0) is 24.1 Å². The van der Waals surface area contributed by atoms with Gasteiger partial charge in [-0.1, -0.05) is 12.1 Å². The van der Waals surface area contributed by atoms with Gasteiger partial charge in [0.1, 0.15) is 11.9 Å². The lowest BCUT2D eigenvalue weighted by molar-refractivity contribution is -0.00806. The van der Waals surface area contributed by atoms with Gasteiger partial charge in [-0.25, -0.2) is 0 Å². The van der Waals surface area contributed by atoms with Gasteiger partial charge in [-0.2, -0.15) is 5.10 Å². The van der Waals surface area contributed by atoms with Crippen molar-refractivity contribution in [2.45, 2.75) is 19.1 Å². The number of ether oxygens (including phenoxy) is 3. The van der Waals surface area contributed by atoms with Crippen LogP contribution in [0.15, 0.2) is 41.7 Å². The van der Waals surface area contributed by atoms with E-state index in [4.69, 9.17) is 14.2 Å². The second kappa shape index (κ2) is 12.8. The lowest BCUT2D eigenvalue weighted by atomic mass is 10.1. The van der Waals surface area contributed by atoms with E-state index in [2.05, 4.69) is 20.3 Å². The van der Waals surface area contributed by atoms with Crippen molar-refractivity contribution in [2.75, 3.05) is 47.0 Å². The van der Waals surface area contributed by atoms with E-state index in [1.54, 1.807) is 11.8 Å². The number of hydrogen-bond acceptors (Lipinski definition) is 5. The Morgan fingerprint density at radius 2 is 2.13 bits per heavy atom. The van der Waals surface area contributed by atoms with E-state index in [0.29, 0.717) is 19.8 Å². The number of nitrogens with one attached hydrogen (secondary N) is 1. The molecule has 9 heteroatoms. The average molecular weight is 529 g/mol. The number of morpholine rings is 1. The highest BCUT2D eigenvalue weighted by atomic mass is 127. The third kappa shape index (κ3) is 7.13. The molecular weight excluding hydrogens is 497 g/mol. The van der Waals surface area contributed by atoms with Crippen molar-refractivity contribution < 1.29 is 14.2 Å². The topological polar surface area (TPSA) is 73.1 Å². The first-order valence-corrected chi connectivity index (χ1v) is 9.96. The van der Waals surface area contributed by atoms with Gasteiger partial charge in [-0.3, -0.25) is 9.67 Å². The lowest BCUT2D eigenvalue weighted by Crippen LogP contribution is -2.48. The quantitative estimate of drug-likeness (QED) is 0.246. The molecule has 8 nitrogen and oxygen atoms in total. The Kier molecular flexibility index (Phi) is 10.4. The van der Waals surface area contributed by atoms with Crippen molar-refractivity contribution in [3.8, 4) is 5.75 Å². The van der Waals surface area contributed by atoms with E-state index < -0.39 is 0 Å². The summed E-state index contributed by atoms with van der Waals surface area (Å²) in [6.45, 7) is 4.37. The molecule has 30 heavy (non-hydrogen) atoms. The van der Waals surface area contributed by atoms with Crippen molar-refractivity contribution in [1.82, 2.24) is 20.0 Å². The van der Waals surface area contributed by atoms with Gasteiger partial charge in [0, 0.05) is 45.6 Å². The van der Waals surface area contributed by atoms with Crippen molar-refractivity contribution in [2.24, 2.45) is 12.0 Å². The molecule has 0 spiro atoms. The number of rotatable bonds is 8. The van der Waals surface area contributed by atoms with Crippen molar-refractivity contribution in [1.29, 1.82) is 0 Å². The highest BCUT2D eigenvalue weighted by Crippen LogP contribution is 2.21. The number of halogens is 1. The van der Waals surface area contributed by atoms with Crippen LogP contribution >= 0.6 is 24.0 Å². The Labute approximate surface area is 195 Å². The van der Waals surface area contributed by atoms with Gasteiger partial charge in [0.05, 0.1) is 33.1 Å². The standard InChI is InChI=1S/C21H31N5O3.HI/c1-22-21(26-10-12-29-20(15-26)18-13-24-25(2)14-18)23-9-4-11-28-16-17-5-7-19(27-3)8-6-17;/h5-8,13-14,20H,4,9-12,15-16H2,1-3H3,(H,22,23);1H. The fourth-order valence-electron chi connectivity index (χ4n) is 3.27. The van der Waals surface area contributed by atoms with Crippen LogP contribution in [-0.4, -0.2) is 67.6 Å². The van der Waals surface area contributed by atoms with Crippen LogP contribution in [0.25, 0.3) is 0 Å². The molecule has 1 aromatic carbocycles. The van der Waals surface area contributed by atoms with Crippen LogP contribution in [0.3, 0.4) is 0 Å². The number of guanidine groups is 1. The zero-order chi connectivity index (χ0) is 20.5. The van der Waals surface area contributed by atoms with Crippen molar-refractivity contribution >= 4 is 29.9 Å². The van der Waals surface area contributed by atoms with Gasteiger partial charge < -0.3 is 24.4 Å². The first kappa shape index (κ1) is 24.4. The number of benzene rings is 1. The average Bonchev–Trinajstić information content (AvgIpc) is 3.20. The molecule has 1 unspecified atom stereocenters. The van der Waals surface area contributed by atoms with Gasteiger partial charge in [0.25, 0.3) is 0 Å². The normalized spacial score (nSPS) is 16.8. The number of aliphatic imine (C=N–C) groups is 1. The summed E-state index contributed by atoms with van der Waals surface area (Å²) in [6.07, 6.45) is 4.80. The molecule has 1 atom stereocenters. The number of nitrogens with zero attached hydrogens (tertiary/aromatic N) is 4. The van der Waals surface area contributed by atoms with Gasteiger partial charge in [-0.15, -0.1) is 24.0 Å². The minimum absolute atomic E-state index is 0. The van der Waals surface area contributed by atoms with Crippen LogP contribution in [0.2, 0.25) is 0 Å². The molecule has 1 fully saturated rings. The molecule has 1 aliphatic rings. The van der Waals surface area contributed by atoms with Crippen LogP contribution in [0.4, 0.5) is 0 Å². The summed E-state index contributed by atoms with van der Waals surface area (Å²) < 4.78 is 18.6. The molecule has 1 aromatic heterocycles. The maximum absolute atomic E-state index is 5.91. The summed E-state index contributed by atoms with van der Waals surface area (Å²) in [5.74, 6) is 1.76. The Balaban J connectivity index is 0.00000320. The fourth-order valence-corrected chi connectivity index (χ4v) is 3.27. The molecular formula is C21H32IN5O3. The maximum Gasteiger partial charge on any atom is 0.193 e.